The van der Waals surface area contributed by atoms with Crippen molar-refractivity contribution in [3.8, 4) is 0 Å². The number of carboxylic acids is 1. The molecule has 6 nitrogen and oxygen atoms in total. The summed E-state index contributed by atoms with van der Waals surface area (Å²) in [5.74, 6) is -1.83. The van der Waals surface area contributed by atoms with E-state index in [1.54, 1.807) is 6.92 Å². The van der Waals surface area contributed by atoms with Crippen LogP contribution in [0.15, 0.2) is 6.20 Å². The van der Waals surface area contributed by atoms with Crippen LogP contribution in [0.25, 0.3) is 5.78 Å². The van der Waals surface area contributed by atoms with Gasteiger partial charge in [0.25, 0.3) is 5.78 Å². The lowest BCUT2D eigenvalue weighted by molar-refractivity contribution is -0.143. The summed E-state index contributed by atoms with van der Waals surface area (Å²) in [4.78, 5) is 18.1. The molecule has 0 aromatic carbocycles. The highest BCUT2D eigenvalue weighted by molar-refractivity contribution is 5.89. The molecule has 0 aliphatic heterocycles. The number of nitrogens with zero attached hydrogens (tertiary/aromatic N) is 4. The molecule has 1 N–H and O–H groups in total. The van der Waals surface area contributed by atoms with Crippen molar-refractivity contribution >= 4 is 11.7 Å². The number of carboxylic acid groups (broad SMARTS) is 1. The van der Waals surface area contributed by atoms with E-state index in [1.165, 1.54) is 0 Å². The van der Waals surface area contributed by atoms with Crippen LogP contribution in [0.3, 0.4) is 0 Å². The summed E-state index contributed by atoms with van der Waals surface area (Å²) in [6, 6.07) is 0. The van der Waals surface area contributed by atoms with Gasteiger partial charge in [-0.2, -0.15) is 22.7 Å². The number of aromatic nitrogens is 4. The van der Waals surface area contributed by atoms with E-state index in [9.17, 15) is 18.0 Å². The lowest BCUT2D eigenvalue weighted by Gasteiger charge is -2.10. The Kier molecular flexibility index (Phi) is 2.68. The molecular weight excluding hydrogens is 253 g/mol. The maximum atomic E-state index is 12.9. The predicted octanol–water partition coefficient (Wildman–Crippen LogP) is 1.40. The predicted molar refractivity (Wildman–Crippen MR) is 52.1 cm³/mol. The van der Waals surface area contributed by atoms with Gasteiger partial charge in [0.15, 0.2) is 11.5 Å². The number of halogens is 3. The lowest BCUT2D eigenvalue weighted by Crippen LogP contribution is -2.19. The quantitative estimate of drug-likeness (QED) is 0.882. The second kappa shape index (κ2) is 3.93. The molecule has 2 aromatic heterocycles. The van der Waals surface area contributed by atoms with Crippen molar-refractivity contribution in [3.63, 3.8) is 0 Å². The lowest BCUT2D eigenvalue weighted by atomic mass is 10.2. The monoisotopic (exact) mass is 260 g/mol. The molecule has 0 bridgehead atoms. The van der Waals surface area contributed by atoms with Crippen molar-refractivity contribution < 1.29 is 23.1 Å². The SMILES string of the molecule is CCc1nc2ncc(C(=O)O)c(C(F)(F)F)n2n1. The molecule has 0 fully saturated rings. The van der Waals surface area contributed by atoms with Crippen LogP contribution >= 0.6 is 0 Å². The fraction of sp³-hybridized carbons (Fsp3) is 0.333. The number of aryl methyl sites for hydroxylation is 1. The molecule has 0 amide bonds. The van der Waals surface area contributed by atoms with Gasteiger partial charge in [-0.1, -0.05) is 6.92 Å². The van der Waals surface area contributed by atoms with Crippen LogP contribution in [0.1, 0.15) is 28.8 Å². The Morgan fingerprint density at radius 2 is 2.17 bits per heavy atom. The van der Waals surface area contributed by atoms with E-state index < -0.39 is 23.4 Å². The van der Waals surface area contributed by atoms with E-state index in [0.29, 0.717) is 17.1 Å². The molecule has 2 aromatic rings. The minimum atomic E-state index is -4.85. The van der Waals surface area contributed by atoms with Crippen molar-refractivity contribution in [2.45, 2.75) is 19.5 Å². The third kappa shape index (κ3) is 1.87. The molecule has 2 heterocycles. The summed E-state index contributed by atoms with van der Waals surface area (Å²) in [6.07, 6.45) is -3.90. The average Bonchev–Trinajstić information content (AvgIpc) is 2.68. The number of fused-ring (bicyclic) bond motifs is 1. The largest absolute Gasteiger partial charge is 0.478 e. The van der Waals surface area contributed by atoms with Crippen molar-refractivity contribution in [3.05, 3.63) is 23.3 Å². The van der Waals surface area contributed by atoms with Crippen molar-refractivity contribution in [1.82, 2.24) is 19.6 Å². The second-order valence-electron chi connectivity index (χ2n) is 3.42. The van der Waals surface area contributed by atoms with Crippen LogP contribution in [0.4, 0.5) is 13.2 Å². The standard InChI is InChI=1S/C9H7F3N4O2/c1-2-5-14-8-13-3-4(7(17)18)6(9(10,11)12)16(8)15-5/h3H,2H2,1H3,(H,17,18). The fourth-order valence-electron chi connectivity index (χ4n) is 1.46. The smallest absolute Gasteiger partial charge is 0.434 e. The summed E-state index contributed by atoms with van der Waals surface area (Å²) in [6.45, 7) is 1.67. The molecule has 0 radical (unpaired) electrons. The first-order valence-electron chi connectivity index (χ1n) is 4.89. The van der Waals surface area contributed by atoms with Gasteiger partial charge in [-0.15, -0.1) is 5.10 Å². The highest BCUT2D eigenvalue weighted by atomic mass is 19.4. The molecule has 0 aliphatic rings. The molecule has 2 rings (SSSR count). The Hall–Kier alpha value is -2.19. The molecule has 0 saturated carbocycles. The highest BCUT2D eigenvalue weighted by Crippen LogP contribution is 2.31. The zero-order valence-corrected chi connectivity index (χ0v) is 9.06. The summed E-state index contributed by atoms with van der Waals surface area (Å²) in [5, 5.41) is 12.4. The van der Waals surface area contributed by atoms with E-state index in [1.807, 2.05) is 0 Å². The van der Waals surface area contributed by atoms with E-state index >= 15 is 0 Å². The number of carbonyl (C=O) groups is 1. The Morgan fingerprint density at radius 1 is 1.50 bits per heavy atom. The minimum Gasteiger partial charge on any atom is -0.478 e. The number of rotatable bonds is 2. The van der Waals surface area contributed by atoms with Gasteiger partial charge in [0.05, 0.1) is 0 Å². The van der Waals surface area contributed by atoms with Crippen molar-refractivity contribution in [2.75, 3.05) is 0 Å². The third-order valence-corrected chi connectivity index (χ3v) is 2.23. The summed E-state index contributed by atoms with van der Waals surface area (Å²) in [7, 11) is 0. The normalized spacial score (nSPS) is 12.0. The molecule has 0 spiro atoms. The van der Waals surface area contributed by atoms with Gasteiger partial charge in [-0.05, 0) is 0 Å². The van der Waals surface area contributed by atoms with Gasteiger partial charge < -0.3 is 5.11 Å². The fourth-order valence-corrected chi connectivity index (χ4v) is 1.46. The Labute approximate surface area is 98.1 Å². The Balaban J connectivity index is 2.84. The molecule has 0 atom stereocenters. The Bertz CT molecular complexity index is 620. The summed E-state index contributed by atoms with van der Waals surface area (Å²) >= 11 is 0. The number of hydrogen-bond acceptors (Lipinski definition) is 4. The van der Waals surface area contributed by atoms with Crippen LogP contribution in [0.2, 0.25) is 0 Å². The van der Waals surface area contributed by atoms with Gasteiger partial charge in [-0.3, -0.25) is 0 Å². The minimum absolute atomic E-state index is 0.163. The van der Waals surface area contributed by atoms with Gasteiger partial charge in [0, 0.05) is 12.6 Å². The summed E-state index contributed by atoms with van der Waals surface area (Å²) in [5.41, 5.74) is -2.34. The maximum Gasteiger partial charge on any atom is 0.434 e. The Morgan fingerprint density at radius 3 is 2.67 bits per heavy atom. The van der Waals surface area contributed by atoms with Gasteiger partial charge >= 0.3 is 12.1 Å². The van der Waals surface area contributed by atoms with E-state index in [2.05, 4.69) is 15.1 Å². The van der Waals surface area contributed by atoms with E-state index in [-0.39, 0.29) is 11.6 Å². The first kappa shape index (κ1) is 12.3. The molecule has 0 aliphatic carbocycles. The first-order chi connectivity index (χ1) is 8.34. The molecule has 18 heavy (non-hydrogen) atoms. The average molecular weight is 260 g/mol. The van der Waals surface area contributed by atoms with Crippen LogP contribution < -0.4 is 0 Å². The van der Waals surface area contributed by atoms with Crippen LogP contribution in [0.5, 0.6) is 0 Å². The first-order valence-corrected chi connectivity index (χ1v) is 4.89. The van der Waals surface area contributed by atoms with Crippen LogP contribution in [-0.2, 0) is 12.6 Å². The van der Waals surface area contributed by atoms with Crippen molar-refractivity contribution in [2.24, 2.45) is 0 Å². The van der Waals surface area contributed by atoms with Crippen molar-refractivity contribution in [1.29, 1.82) is 0 Å². The molecule has 96 valence electrons. The highest BCUT2D eigenvalue weighted by Gasteiger charge is 2.39. The topological polar surface area (TPSA) is 80.4 Å². The number of hydrogen-bond donors (Lipinski definition) is 1. The van der Waals surface area contributed by atoms with Crippen LogP contribution in [-0.4, -0.2) is 30.7 Å². The van der Waals surface area contributed by atoms with Crippen LogP contribution in [0, 0.1) is 0 Å². The summed E-state index contributed by atoms with van der Waals surface area (Å²) < 4.78 is 39.0. The third-order valence-electron chi connectivity index (χ3n) is 2.23. The molecule has 9 heteroatoms. The zero-order chi connectivity index (χ0) is 13.5. The van der Waals surface area contributed by atoms with E-state index in [4.69, 9.17) is 5.11 Å². The molecule has 0 unspecified atom stereocenters. The van der Waals surface area contributed by atoms with Gasteiger partial charge in [0.1, 0.15) is 5.56 Å². The van der Waals surface area contributed by atoms with Gasteiger partial charge in [0.2, 0.25) is 0 Å². The number of aromatic carboxylic acids is 1. The number of alkyl halides is 3. The zero-order valence-electron chi connectivity index (χ0n) is 9.06. The molecule has 0 saturated heterocycles. The maximum absolute atomic E-state index is 12.9. The van der Waals surface area contributed by atoms with Gasteiger partial charge in [-0.25, -0.2) is 9.78 Å². The van der Waals surface area contributed by atoms with E-state index in [0.717, 1.165) is 0 Å². The second-order valence-corrected chi connectivity index (χ2v) is 3.42. The molecular formula is C9H7F3N4O2.